The molecule has 0 aliphatic carbocycles. The molecule has 0 atom stereocenters. The molecule has 7 nitrogen and oxygen atoms in total. The Morgan fingerprint density at radius 1 is 1.14 bits per heavy atom. The molecule has 0 fully saturated rings. The predicted molar refractivity (Wildman–Crippen MR) is 106 cm³/mol. The lowest BCUT2D eigenvalue weighted by Crippen LogP contribution is -2.06. The van der Waals surface area contributed by atoms with Gasteiger partial charge in [0.2, 0.25) is 11.6 Å². The van der Waals surface area contributed by atoms with Crippen LogP contribution in [-0.2, 0) is 14.3 Å². The number of hydrogen-bond acceptors (Lipinski definition) is 7. The molecular formula is C20H16BrNO6. The average Bonchev–Trinajstić information content (AvgIpc) is 3.02. The number of hydrogen-bond donors (Lipinski definition) is 0. The Morgan fingerprint density at radius 3 is 2.36 bits per heavy atom. The van der Waals surface area contributed by atoms with Gasteiger partial charge in [0.15, 0.2) is 17.2 Å². The zero-order valence-corrected chi connectivity index (χ0v) is 16.9. The highest BCUT2D eigenvalue weighted by Gasteiger charge is 2.26. The van der Waals surface area contributed by atoms with E-state index in [1.807, 2.05) is 18.2 Å². The summed E-state index contributed by atoms with van der Waals surface area (Å²) in [4.78, 5) is 27.9. The maximum Gasteiger partial charge on any atom is 0.363 e. The highest BCUT2D eigenvalue weighted by molar-refractivity contribution is 9.10. The third kappa shape index (κ3) is 4.07. The molecule has 0 amide bonds. The molecule has 8 heteroatoms. The van der Waals surface area contributed by atoms with Gasteiger partial charge in [-0.05, 0) is 51.8 Å². The Balaban J connectivity index is 2.02. The first-order valence-corrected chi connectivity index (χ1v) is 8.94. The maximum atomic E-state index is 12.2. The van der Waals surface area contributed by atoms with E-state index in [0.717, 1.165) is 4.47 Å². The number of ether oxygens (including phenoxy) is 4. The van der Waals surface area contributed by atoms with Crippen LogP contribution in [0.1, 0.15) is 18.1 Å². The van der Waals surface area contributed by atoms with E-state index in [2.05, 4.69) is 20.9 Å². The van der Waals surface area contributed by atoms with Crippen molar-refractivity contribution in [2.75, 3.05) is 14.2 Å². The summed E-state index contributed by atoms with van der Waals surface area (Å²) in [6.45, 7) is 1.28. The molecule has 3 rings (SSSR count). The molecule has 1 aliphatic heterocycles. The summed E-state index contributed by atoms with van der Waals surface area (Å²) < 4.78 is 21.8. The molecule has 0 bridgehead atoms. The summed E-state index contributed by atoms with van der Waals surface area (Å²) in [5.74, 6) is -0.159. The van der Waals surface area contributed by atoms with E-state index in [1.165, 1.54) is 27.2 Å². The molecular weight excluding hydrogens is 430 g/mol. The second kappa shape index (κ2) is 8.26. The smallest absolute Gasteiger partial charge is 0.363 e. The van der Waals surface area contributed by atoms with Crippen molar-refractivity contribution in [1.29, 1.82) is 0 Å². The lowest BCUT2D eigenvalue weighted by Gasteiger charge is -2.13. The van der Waals surface area contributed by atoms with Crippen molar-refractivity contribution in [3.8, 4) is 17.2 Å². The minimum atomic E-state index is -0.576. The summed E-state index contributed by atoms with van der Waals surface area (Å²) in [5, 5.41) is 0. The molecule has 1 aliphatic rings. The van der Waals surface area contributed by atoms with Gasteiger partial charge < -0.3 is 18.9 Å². The van der Waals surface area contributed by atoms with Crippen LogP contribution in [0.15, 0.2) is 51.6 Å². The second-order valence-electron chi connectivity index (χ2n) is 5.66. The van der Waals surface area contributed by atoms with Gasteiger partial charge in [0.1, 0.15) is 0 Å². The predicted octanol–water partition coefficient (Wildman–Crippen LogP) is 3.74. The van der Waals surface area contributed by atoms with Crippen LogP contribution in [0.3, 0.4) is 0 Å². The molecule has 144 valence electrons. The number of esters is 2. The van der Waals surface area contributed by atoms with E-state index in [0.29, 0.717) is 11.1 Å². The fourth-order valence-corrected chi connectivity index (χ4v) is 3.00. The van der Waals surface area contributed by atoms with Crippen LogP contribution in [0.5, 0.6) is 17.2 Å². The number of halogens is 1. The van der Waals surface area contributed by atoms with E-state index < -0.39 is 11.9 Å². The number of benzene rings is 2. The van der Waals surface area contributed by atoms with Crippen LogP contribution < -0.4 is 14.2 Å². The monoisotopic (exact) mass is 445 g/mol. The van der Waals surface area contributed by atoms with Gasteiger partial charge >= 0.3 is 11.9 Å². The van der Waals surface area contributed by atoms with Gasteiger partial charge in [-0.3, -0.25) is 4.79 Å². The van der Waals surface area contributed by atoms with E-state index in [-0.39, 0.29) is 28.8 Å². The van der Waals surface area contributed by atoms with Crippen LogP contribution in [-0.4, -0.2) is 32.1 Å². The van der Waals surface area contributed by atoms with Crippen molar-refractivity contribution in [3.63, 3.8) is 0 Å². The Kier molecular flexibility index (Phi) is 5.79. The average molecular weight is 446 g/mol. The number of carbonyl (C=O) groups is 2. The molecule has 0 unspecified atom stereocenters. The molecule has 0 N–H and O–H groups in total. The van der Waals surface area contributed by atoms with Gasteiger partial charge in [-0.2, -0.15) is 0 Å². The maximum absolute atomic E-state index is 12.2. The standard InChI is InChI=1S/C20H16BrNO6/c1-11(23)27-18-16(25-2)9-12(10-17(18)26-3)8-15-20(24)28-19(22-15)13-6-4-5-7-14(13)21/h4-10H,1-3H3/b15-8-. The topological polar surface area (TPSA) is 83.4 Å². The van der Waals surface area contributed by atoms with Gasteiger partial charge in [-0.1, -0.05) is 12.1 Å². The number of nitrogens with zero attached hydrogens (tertiary/aromatic N) is 1. The zero-order chi connectivity index (χ0) is 20.3. The summed E-state index contributed by atoms with van der Waals surface area (Å²) >= 11 is 3.41. The Hall–Kier alpha value is -3.13. The van der Waals surface area contributed by atoms with Crippen molar-refractivity contribution in [2.45, 2.75) is 6.92 Å². The van der Waals surface area contributed by atoms with Crippen LogP contribution in [0.2, 0.25) is 0 Å². The highest BCUT2D eigenvalue weighted by Crippen LogP contribution is 2.39. The Bertz CT molecular complexity index is 987. The van der Waals surface area contributed by atoms with Crippen LogP contribution in [0, 0.1) is 0 Å². The summed E-state index contributed by atoms with van der Waals surface area (Å²) in [6.07, 6.45) is 1.54. The minimum absolute atomic E-state index is 0.120. The van der Waals surface area contributed by atoms with Crippen molar-refractivity contribution in [3.05, 3.63) is 57.7 Å². The second-order valence-corrected chi connectivity index (χ2v) is 6.52. The first kappa shape index (κ1) is 19.6. The summed E-state index contributed by atoms with van der Waals surface area (Å²) in [5.41, 5.74) is 1.35. The van der Waals surface area contributed by atoms with Gasteiger partial charge in [0.05, 0.1) is 19.8 Å². The van der Waals surface area contributed by atoms with E-state index >= 15 is 0 Å². The lowest BCUT2D eigenvalue weighted by molar-refractivity contribution is -0.132. The quantitative estimate of drug-likeness (QED) is 0.396. The molecule has 0 aromatic heterocycles. The largest absolute Gasteiger partial charge is 0.493 e. The number of carbonyl (C=O) groups excluding carboxylic acids is 2. The normalized spacial score (nSPS) is 14.5. The van der Waals surface area contributed by atoms with Crippen LogP contribution in [0.4, 0.5) is 0 Å². The SMILES string of the molecule is COc1cc(/C=C2\N=C(c3ccccc3Br)OC2=O)cc(OC)c1OC(C)=O. The van der Waals surface area contributed by atoms with Crippen molar-refractivity contribution in [2.24, 2.45) is 4.99 Å². The van der Waals surface area contributed by atoms with Crippen molar-refractivity contribution < 1.29 is 28.5 Å². The molecule has 2 aromatic carbocycles. The third-order valence-corrected chi connectivity index (χ3v) is 4.45. The first-order valence-electron chi connectivity index (χ1n) is 8.15. The molecule has 28 heavy (non-hydrogen) atoms. The molecule has 1 heterocycles. The molecule has 0 saturated heterocycles. The van der Waals surface area contributed by atoms with E-state index in [9.17, 15) is 9.59 Å². The fraction of sp³-hybridized carbons (Fsp3) is 0.150. The first-order chi connectivity index (χ1) is 13.4. The highest BCUT2D eigenvalue weighted by atomic mass is 79.9. The number of cyclic esters (lactones) is 1. The lowest BCUT2D eigenvalue weighted by atomic mass is 10.1. The molecule has 0 radical (unpaired) electrons. The summed E-state index contributed by atoms with van der Waals surface area (Å²) in [6, 6.07) is 10.5. The van der Waals surface area contributed by atoms with Gasteiger partial charge in [0, 0.05) is 11.4 Å². The van der Waals surface area contributed by atoms with Gasteiger partial charge in [-0.25, -0.2) is 9.79 Å². The minimum Gasteiger partial charge on any atom is -0.493 e. The van der Waals surface area contributed by atoms with Crippen LogP contribution >= 0.6 is 15.9 Å². The van der Waals surface area contributed by atoms with E-state index in [4.69, 9.17) is 18.9 Å². The Morgan fingerprint density at radius 2 is 1.79 bits per heavy atom. The van der Waals surface area contributed by atoms with Gasteiger partial charge in [0.25, 0.3) is 0 Å². The Labute approximate surface area is 169 Å². The summed E-state index contributed by atoms with van der Waals surface area (Å²) in [7, 11) is 2.87. The number of aliphatic imine (C=N–C) groups is 1. The molecule has 0 saturated carbocycles. The zero-order valence-electron chi connectivity index (χ0n) is 15.3. The van der Waals surface area contributed by atoms with Gasteiger partial charge in [-0.15, -0.1) is 0 Å². The van der Waals surface area contributed by atoms with Crippen molar-refractivity contribution in [1.82, 2.24) is 0 Å². The van der Waals surface area contributed by atoms with E-state index in [1.54, 1.807) is 18.2 Å². The van der Waals surface area contributed by atoms with Crippen LogP contribution in [0.25, 0.3) is 6.08 Å². The fourth-order valence-electron chi connectivity index (χ4n) is 2.54. The number of rotatable bonds is 5. The number of methoxy groups -OCH3 is 2. The molecule has 0 spiro atoms. The third-order valence-electron chi connectivity index (χ3n) is 3.76. The molecule has 2 aromatic rings. The van der Waals surface area contributed by atoms with Crippen molar-refractivity contribution >= 4 is 39.8 Å².